The van der Waals surface area contributed by atoms with Crippen molar-refractivity contribution in [1.82, 2.24) is 9.78 Å². The highest BCUT2D eigenvalue weighted by Crippen LogP contribution is 2.27. The molecule has 3 rings (SSSR count). The van der Waals surface area contributed by atoms with Gasteiger partial charge in [-0.05, 0) is 18.2 Å². The van der Waals surface area contributed by atoms with Crippen LogP contribution in [0.15, 0.2) is 48.5 Å². The van der Waals surface area contributed by atoms with Crippen LogP contribution in [0.25, 0.3) is 10.9 Å². The number of ether oxygens (including phenoxy) is 1. The minimum Gasteiger partial charge on any atom is -0.405 e. The van der Waals surface area contributed by atoms with E-state index in [-0.39, 0.29) is 17.1 Å². The summed E-state index contributed by atoms with van der Waals surface area (Å²) in [5.74, 6) is -1.29. The highest BCUT2D eigenvalue weighted by Gasteiger charge is 2.24. The number of para-hydroxylation sites is 2. The van der Waals surface area contributed by atoms with E-state index in [4.69, 9.17) is 4.74 Å². The zero-order valence-corrected chi connectivity index (χ0v) is 12.5. The second-order valence-electron chi connectivity index (χ2n) is 4.91. The van der Waals surface area contributed by atoms with Gasteiger partial charge in [-0.3, -0.25) is 19.7 Å². The molecule has 8 heteroatoms. The van der Waals surface area contributed by atoms with Crippen molar-refractivity contribution in [2.24, 2.45) is 0 Å². The molecular formula is C16H11N3O5. The number of benzene rings is 2. The quantitative estimate of drug-likeness (QED) is 0.416. The van der Waals surface area contributed by atoms with Gasteiger partial charge in [-0.1, -0.05) is 24.3 Å². The fraction of sp³-hybridized carbons (Fsp3) is 0.0625. The predicted octanol–water partition coefficient (Wildman–Crippen LogP) is 2.56. The number of fused-ring (bicyclic) bond motifs is 1. The Kier molecular flexibility index (Phi) is 3.78. The number of nitrogens with zero attached hydrogens (tertiary/aromatic N) is 3. The fourth-order valence-electron chi connectivity index (χ4n) is 2.33. The molecule has 0 amide bonds. The van der Waals surface area contributed by atoms with Crippen LogP contribution in [0.5, 0.6) is 5.88 Å². The Bertz CT molecular complexity index is 977. The van der Waals surface area contributed by atoms with E-state index < -0.39 is 16.8 Å². The molecule has 0 bridgehead atoms. The number of carbonyl (C=O) groups excluding carboxylic acids is 2. The Hall–Kier alpha value is -3.55. The van der Waals surface area contributed by atoms with Crippen LogP contribution in [0.1, 0.15) is 17.3 Å². The Labute approximate surface area is 135 Å². The molecule has 24 heavy (non-hydrogen) atoms. The highest BCUT2D eigenvalue weighted by atomic mass is 16.6. The van der Waals surface area contributed by atoms with Crippen molar-refractivity contribution in [3.05, 3.63) is 64.2 Å². The van der Waals surface area contributed by atoms with Crippen molar-refractivity contribution in [1.29, 1.82) is 0 Å². The molecule has 0 unspecified atom stereocenters. The van der Waals surface area contributed by atoms with Gasteiger partial charge in [0.25, 0.3) is 11.6 Å². The molecule has 0 aliphatic carbocycles. The van der Waals surface area contributed by atoms with Gasteiger partial charge in [0.05, 0.1) is 15.8 Å². The molecule has 0 fully saturated rings. The van der Waals surface area contributed by atoms with Crippen LogP contribution < -0.4 is 4.74 Å². The minimum absolute atomic E-state index is 0.0231. The lowest BCUT2D eigenvalue weighted by molar-refractivity contribution is -0.385. The number of hydrogen-bond donors (Lipinski definition) is 0. The van der Waals surface area contributed by atoms with Crippen LogP contribution in [-0.2, 0) is 4.79 Å². The number of hydrogen-bond acceptors (Lipinski definition) is 6. The summed E-state index contributed by atoms with van der Waals surface area (Å²) in [7, 11) is 0. The Morgan fingerprint density at radius 3 is 2.50 bits per heavy atom. The second kappa shape index (κ2) is 5.92. The van der Waals surface area contributed by atoms with Gasteiger partial charge in [-0.25, -0.2) is 0 Å². The molecule has 120 valence electrons. The van der Waals surface area contributed by atoms with Crippen LogP contribution in [0.3, 0.4) is 0 Å². The van der Waals surface area contributed by atoms with E-state index >= 15 is 0 Å². The first kappa shape index (κ1) is 15.3. The Balaban J connectivity index is 2.18. The molecule has 3 aromatic rings. The molecule has 0 atom stereocenters. The van der Waals surface area contributed by atoms with Crippen molar-refractivity contribution in [2.45, 2.75) is 6.92 Å². The summed E-state index contributed by atoms with van der Waals surface area (Å²) in [6, 6.07) is 12.2. The minimum atomic E-state index is -0.683. The van der Waals surface area contributed by atoms with Crippen molar-refractivity contribution >= 4 is 28.5 Å². The van der Waals surface area contributed by atoms with E-state index in [2.05, 4.69) is 5.10 Å². The number of nitro benzene ring substituents is 1. The molecule has 0 radical (unpaired) electrons. The molecule has 2 aromatic carbocycles. The molecule has 0 spiro atoms. The van der Waals surface area contributed by atoms with Crippen molar-refractivity contribution < 1.29 is 19.2 Å². The van der Waals surface area contributed by atoms with Crippen LogP contribution in [0, 0.1) is 10.1 Å². The first-order chi connectivity index (χ1) is 11.5. The average molecular weight is 325 g/mol. The zero-order valence-electron chi connectivity index (χ0n) is 12.5. The van der Waals surface area contributed by atoms with Crippen molar-refractivity contribution in [3.8, 4) is 5.88 Å². The van der Waals surface area contributed by atoms with Gasteiger partial charge in [0, 0.05) is 13.0 Å². The molecule has 1 aromatic heterocycles. The third-order valence-electron chi connectivity index (χ3n) is 3.32. The topological polar surface area (TPSA) is 104 Å². The fourth-order valence-corrected chi connectivity index (χ4v) is 2.33. The van der Waals surface area contributed by atoms with E-state index in [0.29, 0.717) is 10.9 Å². The molecule has 0 saturated heterocycles. The lowest BCUT2D eigenvalue weighted by Crippen LogP contribution is -2.15. The Morgan fingerprint density at radius 2 is 1.79 bits per heavy atom. The average Bonchev–Trinajstić information content (AvgIpc) is 2.92. The van der Waals surface area contributed by atoms with E-state index in [1.165, 1.54) is 31.2 Å². The number of nitro groups is 1. The van der Waals surface area contributed by atoms with Gasteiger partial charge in [0.15, 0.2) is 0 Å². The maximum atomic E-state index is 12.7. The van der Waals surface area contributed by atoms with Crippen LogP contribution in [-0.4, -0.2) is 26.6 Å². The van der Waals surface area contributed by atoms with Gasteiger partial charge in [-0.15, -0.1) is 5.10 Å². The number of esters is 1. The van der Waals surface area contributed by atoms with E-state index in [0.717, 1.165) is 4.68 Å². The van der Waals surface area contributed by atoms with Crippen LogP contribution >= 0.6 is 0 Å². The molecule has 1 heterocycles. The lowest BCUT2D eigenvalue weighted by Gasteiger charge is -2.03. The zero-order chi connectivity index (χ0) is 17.3. The second-order valence-corrected chi connectivity index (χ2v) is 4.91. The summed E-state index contributed by atoms with van der Waals surface area (Å²) >= 11 is 0. The summed E-state index contributed by atoms with van der Waals surface area (Å²) in [6.07, 6.45) is 0. The van der Waals surface area contributed by atoms with Gasteiger partial charge in [0.2, 0.25) is 5.88 Å². The molecule has 0 aliphatic heterocycles. The van der Waals surface area contributed by atoms with Gasteiger partial charge in [0.1, 0.15) is 5.56 Å². The first-order valence-electron chi connectivity index (χ1n) is 6.93. The Morgan fingerprint density at radius 1 is 1.12 bits per heavy atom. The van der Waals surface area contributed by atoms with Gasteiger partial charge < -0.3 is 4.74 Å². The van der Waals surface area contributed by atoms with Crippen molar-refractivity contribution in [2.75, 3.05) is 0 Å². The van der Waals surface area contributed by atoms with Crippen LogP contribution in [0.4, 0.5) is 5.69 Å². The standard InChI is InChI=1S/C16H11N3O5/c1-10(20)24-15-11-6-2-4-8-13(11)18(17-15)16(21)12-7-3-5-9-14(12)19(22)23/h2-9H,1H3. The molecule has 0 N–H and O–H groups in total. The lowest BCUT2D eigenvalue weighted by atomic mass is 10.1. The molecule has 0 saturated carbocycles. The summed E-state index contributed by atoms with van der Waals surface area (Å²) in [5, 5.41) is 15.6. The largest absolute Gasteiger partial charge is 0.405 e. The third kappa shape index (κ3) is 2.60. The first-order valence-corrected chi connectivity index (χ1v) is 6.93. The monoisotopic (exact) mass is 325 g/mol. The SMILES string of the molecule is CC(=O)Oc1nn(C(=O)c2ccccc2[N+](=O)[O-])c2ccccc12. The maximum absolute atomic E-state index is 12.7. The summed E-state index contributed by atoms with van der Waals surface area (Å²) < 4.78 is 6.01. The van der Waals surface area contributed by atoms with Gasteiger partial charge >= 0.3 is 5.97 Å². The normalized spacial score (nSPS) is 10.5. The van der Waals surface area contributed by atoms with E-state index in [9.17, 15) is 19.7 Å². The number of aromatic nitrogens is 2. The predicted molar refractivity (Wildman–Crippen MR) is 83.9 cm³/mol. The molecular weight excluding hydrogens is 314 g/mol. The number of carbonyl (C=O) groups is 2. The summed E-state index contributed by atoms with van der Waals surface area (Å²) in [4.78, 5) is 34.4. The van der Waals surface area contributed by atoms with Crippen LogP contribution in [0.2, 0.25) is 0 Å². The van der Waals surface area contributed by atoms with Crippen molar-refractivity contribution in [3.63, 3.8) is 0 Å². The summed E-state index contributed by atoms with van der Waals surface area (Å²) in [5.41, 5.74) is -0.0434. The molecule has 0 aliphatic rings. The smallest absolute Gasteiger partial charge is 0.309 e. The van der Waals surface area contributed by atoms with E-state index in [1.807, 2.05) is 0 Å². The third-order valence-corrected chi connectivity index (χ3v) is 3.32. The number of rotatable bonds is 3. The maximum Gasteiger partial charge on any atom is 0.309 e. The van der Waals surface area contributed by atoms with E-state index in [1.54, 1.807) is 24.3 Å². The summed E-state index contributed by atoms with van der Waals surface area (Å²) in [6.45, 7) is 1.22. The van der Waals surface area contributed by atoms with Gasteiger partial charge in [-0.2, -0.15) is 4.68 Å². The highest BCUT2D eigenvalue weighted by molar-refractivity contribution is 6.04. The molecule has 8 nitrogen and oxygen atoms in total.